The molecule has 11 rings (SSSR count). The van der Waals surface area contributed by atoms with Gasteiger partial charge >= 0.3 is 0 Å². The van der Waals surface area contributed by atoms with E-state index in [1.807, 2.05) is 36.9 Å². The molecule has 5 heteroatoms. The Morgan fingerprint density at radius 3 is 1.58 bits per heavy atom. The summed E-state index contributed by atoms with van der Waals surface area (Å²) in [6.07, 6.45) is 7.45. The Balaban J connectivity index is 1.18. The normalized spacial score (nSPS) is 14.6. The number of fused-ring (bicyclic) bond motifs is 10. The largest absolute Gasteiger partial charge is 0.264 e. The minimum absolute atomic E-state index is 0.0969. The van der Waals surface area contributed by atoms with Gasteiger partial charge in [0.15, 0.2) is 17.5 Å². The van der Waals surface area contributed by atoms with Crippen molar-refractivity contribution in [1.82, 2.24) is 24.9 Å². The summed E-state index contributed by atoms with van der Waals surface area (Å²) in [6, 6.07) is 39.6. The van der Waals surface area contributed by atoms with Crippen LogP contribution in [0.25, 0.3) is 88.7 Å². The summed E-state index contributed by atoms with van der Waals surface area (Å²) in [7, 11) is 0. The summed E-state index contributed by atoms with van der Waals surface area (Å²) in [5, 5.41) is 6.48. The van der Waals surface area contributed by atoms with Gasteiger partial charge < -0.3 is 0 Å². The molecule has 3 aromatic heterocycles. The molecule has 2 aliphatic rings. The minimum atomic E-state index is -0.267. The number of hydrogen-bond donors (Lipinski definition) is 0. The van der Waals surface area contributed by atoms with Crippen molar-refractivity contribution < 1.29 is 0 Å². The highest BCUT2D eigenvalue weighted by atomic mass is 15.0. The monoisotopic (exact) mass is 707 g/mol. The maximum atomic E-state index is 5.34. The molecule has 0 aliphatic heterocycles. The lowest BCUT2D eigenvalue weighted by Crippen LogP contribution is -2.17. The fraction of sp³-hybridized carbons (Fsp3) is 0.140. The van der Waals surface area contributed by atoms with Crippen molar-refractivity contribution in [2.75, 3.05) is 0 Å². The predicted molar refractivity (Wildman–Crippen MR) is 224 cm³/mol. The van der Waals surface area contributed by atoms with Crippen LogP contribution in [0.2, 0.25) is 0 Å². The highest BCUT2D eigenvalue weighted by Gasteiger charge is 2.42. The molecular formula is C50H37N5. The van der Waals surface area contributed by atoms with Crippen LogP contribution in [0.3, 0.4) is 0 Å². The van der Waals surface area contributed by atoms with Crippen molar-refractivity contribution in [2.24, 2.45) is 0 Å². The van der Waals surface area contributed by atoms with Crippen LogP contribution in [0, 0.1) is 6.92 Å². The van der Waals surface area contributed by atoms with Crippen LogP contribution in [-0.2, 0) is 10.8 Å². The first-order valence-corrected chi connectivity index (χ1v) is 19.0. The topological polar surface area (TPSA) is 64.5 Å². The average Bonchev–Trinajstić information content (AvgIpc) is 3.57. The molecule has 0 saturated heterocycles. The molecule has 2 aliphatic carbocycles. The third kappa shape index (κ3) is 4.50. The van der Waals surface area contributed by atoms with Crippen LogP contribution in [-0.4, -0.2) is 24.9 Å². The Labute approximate surface area is 319 Å². The quantitative estimate of drug-likeness (QED) is 0.183. The fourth-order valence-electron chi connectivity index (χ4n) is 9.46. The molecular weight excluding hydrogens is 671 g/mol. The Kier molecular flexibility index (Phi) is 6.50. The van der Waals surface area contributed by atoms with Crippen LogP contribution in [0.15, 0.2) is 134 Å². The van der Waals surface area contributed by atoms with Crippen molar-refractivity contribution in [3.63, 3.8) is 0 Å². The van der Waals surface area contributed by atoms with Gasteiger partial charge in [-0.15, -0.1) is 0 Å². The van der Waals surface area contributed by atoms with E-state index in [2.05, 4.69) is 142 Å². The van der Waals surface area contributed by atoms with Gasteiger partial charge in [-0.05, 0) is 103 Å². The van der Waals surface area contributed by atoms with E-state index in [1.165, 1.54) is 55.5 Å². The number of nitrogens with zero attached hydrogens (tertiary/aromatic N) is 5. The molecule has 262 valence electrons. The molecule has 0 radical (unpaired) electrons. The second-order valence-electron chi connectivity index (χ2n) is 16.2. The lowest BCUT2D eigenvalue weighted by Gasteiger charge is -2.24. The lowest BCUT2D eigenvalue weighted by molar-refractivity contribution is 0.652. The fourth-order valence-corrected chi connectivity index (χ4v) is 9.46. The van der Waals surface area contributed by atoms with Crippen molar-refractivity contribution in [2.45, 2.75) is 45.4 Å². The highest BCUT2D eigenvalue weighted by molar-refractivity contribution is 6.09. The zero-order valence-corrected chi connectivity index (χ0v) is 31.4. The predicted octanol–water partition coefficient (Wildman–Crippen LogP) is 12.0. The van der Waals surface area contributed by atoms with E-state index in [4.69, 9.17) is 15.0 Å². The van der Waals surface area contributed by atoms with Gasteiger partial charge in [0.2, 0.25) is 0 Å². The van der Waals surface area contributed by atoms with Crippen LogP contribution >= 0.6 is 0 Å². The van der Waals surface area contributed by atoms with E-state index in [0.29, 0.717) is 17.5 Å². The van der Waals surface area contributed by atoms with E-state index in [9.17, 15) is 0 Å². The van der Waals surface area contributed by atoms with Crippen LogP contribution in [0.5, 0.6) is 0 Å². The molecule has 0 bridgehead atoms. The first-order valence-electron chi connectivity index (χ1n) is 19.0. The molecule has 3 heterocycles. The van der Waals surface area contributed by atoms with E-state index in [1.54, 1.807) is 0 Å². The van der Waals surface area contributed by atoms with Gasteiger partial charge in [-0.2, -0.15) is 0 Å². The summed E-state index contributed by atoms with van der Waals surface area (Å²) in [5.74, 6) is 1.86. The van der Waals surface area contributed by atoms with Crippen molar-refractivity contribution in [3.8, 4) is 56.4 Å². The zero-order chi connectivity index (χ0) is 37.2. The maximum Gasteiger partial charge on any atom is 0.164 e. The maximum absolute atomic E-state index is 5.34. The van der Waals surface area contributed by atoms with Gasteiger partial charge in [-0.1, -0.05) is 112 Å². The molecule has 9 aromatic rings. The number of aromatic nitrogens is 5. The number of rotatable bonds is 3. The summed E-state index contributed by atoms with van der Waals surface area (Å²) in [5.41, 5.74) is 14.5. The van der Waals surface area contributed by atoms with E-state index in [0.717, 1.165) is 43.6 Å². The van der Waals surface area contributed by atoms with Crippen molar-refractivity contribution in [3.05, 3.63) is 162 Å². The number of hydrogen-bond acceptors (Lipinski definition) is 5. The Bertz CT molecular complexity index is 3010. The van der Waals surface area contributed by atoms with Gasteiger partial charge in [0.1, 0.15) is 0 Å². The SMILES string of the molecule is Cc1ccc2c(c1)C(C)(C)c1cc3c(cc1-2)C(C)(C)c1cc(-c2nc(-c4cccc5ccncc45)nc(-c4cccc5ccncc45)n2)c2ccccc2c1-3. The lowest BCUT2D eigenvalue weighted by atomic mass is 9.79. The molecule has 0 atom stereocenters. The zero-order valence-electron chi connectivity index (χ0n) is 31.4. The first-order chi connectivity index (χ1) is 26.7. The molecule has 55 heavy (non-hydrogen) atoms. The first kappa shape index (κ1) is 31.9. The molecule has 0 spiro atoms. The number of aryl methyl sites for hydroxylation is 1. The molecule has 6 aromatic carbocycles. The van der Waals surface area contributed by atoms with E-state index >= 15 is 0 Å². The summed E-state index contributed by atoms with van der Waals surface area (Å²) in [6.45, 7) is 11.7. The van der Waals surface area contributed by atoms with Crippen LogP contribution < -0.4 is 0 Å². The number of pyridine rings is 2. The third-order valence-corrected chi connectivity index (χ3v) is 12.4. The van der Waals surface area contributed by atoms with Crippen molar-refractivity contribution in [1.29, 1.82) is 0 Å². The molecule has 5 nitrogen and oxygen atoms in total. The minimum Gasteiger partial charge on any atom is -0.264 e. The third-order valence-electron chi connectivity index (χ3n) is 12.4. The second-order valence-corrected chi connectivity index (χ2v) is 16.2. The van der Waals surface area contributed by atoms with Crippen LogP contribution in [0.1, 0.15) is 55.5 Å². The molecule has 0 saturated carbocycles. The Morgan fingerprint density at radius 2 is 0.927 bits per heavy atom. The van der Waals surface area contributed by atoms with E-state index in [-0.39, 0.29) is 10.8 Å². The summed E-state index contributed by atoms with van der Waals surface area (Å²) >= 11 is 0. The molecule has 0 unspecified atom stereocenters. The van der Waals surface area contributed by atoms with Crippen molar-refractivity contribution >= 4 is 32.3 Å². The van der Waals surface area contributed by atoms with Gasteiger partial charge in [0.25, 0.3) is 0 Å². The molecule has 0 amide bonds. The summed E-state index contributed by atoms with van der Waals surface area (Å²) in [4.78, 5) is 24.9. The molecule has 0 fully saturated rings. The van der Waals surface area contributed by atoms with Gasteiger partial charge in [0.05, 0.1) is 0 Å². The number of benzene rings is 6. The van der Waals surface area contributed by atoms with Crippen LogP contribution in [0.4, 0.5) is 0 Å². The standard InChI is InChI=1S/C50H37N5/c1-28-16-17-32-36-23-43-38(25-42(36)49(2,3)41(32)22-28)45-33-13-7-6-12-31(33)37(24-44(45)50(43,4)5)48-54-46(34-14-8-10-29-18-20-51-26-39(29)34)53-47(55-48)35-15-9-11-30-19-21-52-27-40(30)35/h6-27H,1-5H3. The van der Waals surface area contributed by atoms with Gasteiger partial charge in [-0.3, -0.25) is 9.97 Å². The smallest absolute Gasteiger partial charge is 0.164 e. The highest BCUT2D eigenvalue weighted by Crippen LogP contribution is 2.58. The summed E-state index contributed by atoms with van der Waals surface area (Å²) < 4.78 is 0. The van der Waals surface area contributed by atoms with Gasteiger partial charge in [0, 0.05) is 63.1 Å². The average molecular weight is 708 g/mol. The second kappa shape index (κ2) is 11.2. The Morgan fingerprint density at radius 1 is 0.400 bits per heavy atom. The Hall–Kier alpha value is -6.59. The molecule has 0 N–H and O–H groups in total. The van der Waals surface area contributed by atoms with Gasteiger partial charge in [-0.25, -0.2) is 15.0 Å². The van der Waals surface area contributed by atoms with E-state index < -0.39 is 0 Å².